The van der Waals surface area contributed by atoms with Gasteiger partial charge in [-0.15, -0.1) is 0 Å². The molecule has 0 unspecified atom stereocenters. The Morgan fingerprint density at radius 3 is 2.73 bits per heavy atom. The van der Waals surface area contributed by atoms with E-state index in [1.54, 1.807) is 0 Å². The predicted molar refractivity (Wildman–Crippen MR) is 59.7 cm³/mol. The zero-order chi connectivity index (χ0) is 10.3. The fourth-order valence-electron chi connectivity index (χ4n) is 2.74. The van der Waals surface area contributed by atoms with E-state index in [2.05, 4.69) is 35.2 Å². The molecule has 2 nitrogen and oxygen atoms in total. The molecule has 0 radical (unpaired) electrons. The molecule has 1 fully saturated rings. The monoisotopic (exact) mass is 198 g/mol. The maximum atomic E-state index is 9.33. The maximum Gasteiger partial charge on any atom is 0.127 e. The third-order valence-electron chi connectivity index (χ3n) is 3.79. The van der Waals surface area contributed by atoms with Gasteiger partial charge in [-0.25, -0.2) is 0 Å². The van der Waals surface area contributed by atoms with Crippen LogP contribution in [0.5, 0.6) is 0 Å². The fraction of sp³-hybridized carbons (Fsp3) is 0.462. The highest BCUT2D eigenvalue weighted by Crippen LogP contribution is 2.43. The van der Waals surface area contributed by atoms with Crippen molar-refractivity contribution in [3.63, 3.8) is 0 Å². The Kier molecular flexibility index (Phi) is 1.76. The average molecular weight is 198 g/mol. The largest absolute Gasteiger partial charge is 0.353 e. The van der Waals surface area contributed by atoms with E-state index >= 15 is 0 Å². The van der Waals surface area contributed by atoms with Gasteiger partial charge in [-0.3, -0.25) is 0 Å². The van der Waals surface area contributed by atoms with Crippen LogP contribution in [0.4, 0.5) is 5.69 Å². The predicted octanol–water partition coefficient (Wildman–Crippen LogP) is 2.50. The molecule has 1 saturated carbocycles. The number of rotatable bonds is 1. The second kappa shape index (κ2) is 3.00. The van der Waals surface area contributed by atoms with Crippen molar-refractivity contribution in [2.45, 2.75) is 31.2 Å². The zero-order valence-electron chi connectivity index (χ0n) is 8.74. The van der Waals surface area contributed by atoms with E-state index in [1.165, 1.54) is 17.7 Å². The Hall–Kier alpha value is -1.49. The topological polar surface area (TPSA) is 27.0 Å². The number of anilines is 1. The van der Waals surface area contributed by atoms with Crippen LogP contribution in [0.2, 0.25) is 0 Å². The molecule has 0 bridgehead atoms. The van der Waals surface area contributed by atoms with E-state index in [0.29, 0.717) is 0 Å². The first-order valence-corrected chi connectivity index (χ1v) is 5.63. The van der Waals surface area contributed by atoms with Crippen LogP contribution in [0.1, 0.15) is 24.8 Å². The molecule has 2 heteroatoms. The van der Waals surface area contributed by atoms with Gasteiger partial charge in [-0.1, -0.05) is 18.2 Å². The summed E-state index contributed by atoms with van der Waals surface area (Å²) >= 11 is 0. The molecule has 0 atom stereocenters. The van der Waals surface area contributed by atoms with Gasteiger partial charge in [0.2, 0.25) is 0 Å². The van der Waals surface area contributed by atoms with E-state index in [4.69, 9.17) is 0 Å². The third kappa shape index (κ3) is 1.10. The number of nitrogens with zero attached hydrogens (tertiary/aromatic N) is 2. The molecule has 0 aromatic heterocycles. The van der Waals surface area contributed by atoms with Crippen LogP contribution >= 0.6 is 0 Å². The van der Waals surface area contributed by atoms with Crippen molar-refractivity contribution in [1.82, 2.24) is 0 Å². The highest BCUT2D eigenvalue weighted by Gasteiger charge is 2.45. The summed E-state index contributed by atoms with van der Waals surface area (Å²) in [7, 11) is 0. The SMILES string of the molecule is N#CC1(N2CCc3ccccc32)CCC1. The smallest absolute Gasteiger partial charge is 0.127 e. The molecule has 76 valence electrons. The van der Waals surface area contributed by atoms with Crippen molar-refractivity contribution < 1.29 is 0 Å². The molecular weight excluding hydrogens is 184 g/mol. The van der Waals surface area contributed by atoms with Crippen LogP contribution in [-0.4, -0.2) is 12.1 Å². The lowest BCUT2D eigenvalue weighted by molar-refractivity contribution is 0.305. The summed E-state index contributed by atoms with van der Waals surface area (Å²) in [5.41, 5.74) is 2.52. The number of hydrogen-bond acceptors (Lipinski definition) is 2. The van der Waals surface area contributed by atoms with Crippen molar-refractivity contribution in [3.05, 3.63) is 29.8 Å². The van der Waals surface area contributed by atoms with Gasteiger partial charge in [0.05, 0.1) is 6.07 Å². The van der Waals surface area contributed by atoms with Crippen molar-refractivity contribution >= 4 is 5.69 Å². The van der Waals surface area contributed by atoms with Gasteiger partial charge in [0.15, 0.2) is 0 Å². The highest BCUT2D eigenvalue weighted by molar-refractivity contribution is 5.61. The molecule has 0 N–H and O–H groups in total. The van der Waals surface area contributed by atoms with Crippen LogP contribution in [0.3, 0.4) is 0 Å². The summed E-state index contributed by atoms with van der Waals surface area (Å²) < 4.78 is 0. The Balaban J connectivity index is 2.01. The lowest BCUT2D eigenvalue weighted by Crippen LogP contribution is -2.52. The molecular formula is C13H14N2. The zero-order valence-corrected chi connectivity index (χ0v) is 8.74. The molecule has 2 aliphatic rings. The van der Waals surface area contributed by atoms with E-state index in [9.17, 15) is 5.26 Å². The molecule has 1 aromatic rings. The first-order chi connectivity index (χ1) is 7.36. The number of benzene rings is 1. The minimum Gasteiger partial charge on any atom is -0.353 e. The van der Waals surface area contributed by atoms with Crippen LogP contribution in [0.25, 0.3) is 0 Å². The van der Waals surface area contributed by atoms with Gasteiger partial charge in [0, 0.05) is 12.2 Å². The summed E-state index contributed by atoms with van der Waals surface area (Å²) in [6, 6.07) is 11.0. The van der Waals surface area contributed by atoms with Crippen molar-refractivity contribution in [1.29, 1.82) is 5.26 Å². The summed E-state index contributed by atoms with van der Waals surface area (Å²) in [5, 5.41) is 9.33. The first kappa shape index (κ1) is 8.79. The molecule has 1 heterocycles. The van der Waals surface area contributed by atoms with Gasteiger partial charge >= 0.3 is 0 Å². The number of nitriles is 1. The number of fused-ring (bicyclic) bond motifs is 1. The molecule has 15 heavy (non-hydrogen) atoms. The molecule has 3 rings (SSSR count). The van der Waals surface area contributed by atoms with Gasteiger partial charge in [0.25, 0.3) is 0 Å². The van der Waals surface area contributed by atoms with Gasteiger partial charge in [-0.2, -0.15) is 5.26 Å². The fourth-order valence-corrected chi connectivity index (χ4v) is 2.74. The first-order valence-electron chi connectivity index (χ1n) is 5.63. The molecule has 1 aromatic carbocycles. The number of hydrogen-bond donors (Lipinski definition) is 0. The van der Waals surface area contributed by atoms with E-state index < -0.39 is 0 Å². The third-order valence-corrected chi connectivity index (χ3v) is 3.79. The van der Waals surface area contributed by atoms with Crippen molar-refractivity contribution in [3.8, 4) is 6.07 Å². The molecule has 1 aliphatic heterocycles. The van der Waals surface area contributed by atoms with Gasteiger partial charge in [0.1, 0.15) is 5.54 Å². The Morgan fingerprint density at radius 1 is 1.27 bits per heavy atom. The standard InChI is InChI=1S/C13H14N2/c14-10-13(7-3-8-13)15-9-6-11-4-1-2-5-12(11)15/h1-2,4-5H,3,6-9H2. The Morgan fingerprint density at radius 2 is 2.07 bits per heavy atom. The second-order valence-corrected chi connectivity index (χ2v) is 4.53. The molecule has 1 aliphatic carbocycles. The highest BCUT2D eigenvalue weighted by atomic mass is 15.2. The van der Waals surface area contributed by atoms with Crippen molar-refractivity contribution in [2.75, 3.05) is 11.4 Å². The summed E-state index contributed by atoms with van der Waals surface area (Å²) in [5.74, 6) is 0. The Labute approximate surface area is 90.1 Å². The van der Waals surface area contributed by atoms with E-state index in [1.807, 2.05) is 0 Å². The molecule has 0 saturated heterocycles. The normalized spacial score (nSPS) is 21.7. The maximum absolute atomic E-state index is 9.33. The van der Waals surface area contributed by atoms with Crippen LogP contribution in [0.15, 0.2) is 24.3 Å². The summed E-state index contributed by atoms with van der Waals surface area (Å²) in [6.07, 6.45) is 4.38. The Bertz CT molecular complexity index is 426. The van der Waals surface area contributed by atoms with Crippen LogP contribution < -0.4 is 4.90 Å². The van der Waals surface area contributed by atoms with Gasteiger partial charge in [-0.05, 0) is 37.3 Å². The lowest BCUT2D eigenvalue weighted by Gasteiger charge is -2.44. The molecule has 0 amide bonds. The lowest BCUT2D eigenvalue weighted by atomic mass is 9.76. The minimum atomic E-state index is -0.174. The quantitative estimate of drug-likeness (QED) is 0.693. The minimum absolute atomic E-state index is 0.174. The second-order valence-electron chi connectivity index (χ2n) is 4.53. The van der Waals surface area contributed by atoms with E-state index in [0.717, 1.165) is 25.8 Å². The van der Waals surface area contributed by atoms with Crippen LogP contribution in [-0.2, 0) is 6.42 Å². The van der Waals surface area contributed by atoms with Crippen LogP contribution in [0, 0.1) is 11.3 Å². The average Bonchev–Trinajstić information content (AvgIpc) is 2.62. The number of para-hydroxylation sites is 1. The summed E-state index contributed by atoms with van der Waals surface area (Å²) in [4.78, 5) is 2.33. The van der Waals surface area contributed by atoms with Crippen molar-refractivity contribution in [2.24, 2.45) is 0 Å². The summed E-state index contributed by atoms with van der Waals surface area (Å²) in [6.45, 7) is 1.02. The van der Waals surface area contributed by atoms with Gasteiger partial charge < -0.3 is 4.90 Å². The van der Waals surface area contributed by atoms with E-state index in [-0.39, 0.29) is 5.54 Å². The molecule has 0 spiro atoms.